The van der Waals surface area contributed by atoms with Gasteiger partial charge in [0.1, 0.15) is 0 Å². The molecule has 0 unspecified atom stereocenters. The van der Waals surface area contributed by atoms with Gasteiger partial charge in [0.25, 0.3) is 0 Å². The summed E-state index contributed by atoms with van der Waals surface area (Å²) in [7, 11) is 0. The highest BCUT2D eigenvalue weighted by Gasteiger charge is 2.20. The molecule has 0 aromatic heterocycles. The number of rotatable bonds is 5. The van der Waals surface area contributed by atoms with Gasteiger partial charge in [-0.25, -0.2) is 5.84 Å². The second-order valence-electron chi connectivity index (χ2n) is 3.56. The number of nitrogens with zero attached hydrogens (tertiary/aromatic N) is 1. The van der Waals surface area contributed by atoms with Gasteiger partial charge in [-0.3, -0.25) is 10.4 Å². The Morgan fingerprint density at radius 1 is 1.54 bits per heavy atom. The van der Waals surface area contributed by atoms with Crippen molar-refractivity contribution < 1.29 is 0 Å². The van der Waals surface area contributed by atoms with Gasteiger partial charge in [-0.05, 0) is 25.2 Å². The molecular weight excluding hydrogens is 164 g/mol. The van der Waals surface area contributed by atoms with Crippen molar-refractivity contribution in [3.05, 3.63) is 0 Å². The van der Waals surface area contributed by atoms with Gasteiger partial charge >= 0.3 is 0 Å². The first kappa shape index (κ1) is 10.3. The first-order valence-electron chi connectivity index (χ1n) is 5.11. The molecule has 1 aliphatic rings. The van der Waals surface area contributed by atoms with Crippen molar-refractivity contribution >= 4 is 5.96 Å². The molecule has 0 radical (unpaired) electrons. The fraction of sp³-hybridized carbons (Fsp3) is 0.889. The molecule has 0 saturated heterocycles. The van der Waals surface area contributed by atoms with E-state index in [0.29, 0.717) is 0 Å². The number of aliphatic imine (C=N–C) groups is 1. The van der Waals surface area contributed by atoms with Gasteiger partial charge in [0.15, 0.2) is 0 Å². The van der Waals surface area contributed by atoms with E-state index in [1.54, 1.807) is 0 Å². The Morgan fingerprint density at radius 3 is 2.85 bits per heavy atom. The van der Waals surface area contributed by atoms with E-state index in [2.05, 4.69) is 22.7 Å². The Hall–Kier alpha value is -0.770. The van der Waals surface area contributed by atoms with Crippen molar-refractivity contribution in [3.8, 4) is 0 Å². The summed E-state index contributed by atoms with van der Waals surface area (Å²) in [5, 5.41) is 3.17. The highest BCUT2D eigenvalue weighted by atomic mass is 15.3. The van der Waals surface area contributed by atoms with E-state index in [1.165, 1.54) is 19.3 Å². The summed E-state index contributed by atoms with van der Waals surface area (Å²) in [6.45, 7) is 4.03. The molecule has 1 aliphatic carbocycles. The predicted molar refractivity (Wildman–Crippen MR) is 55.3 cm³/mol. The summed E-state index contributed by atoms with van der Waals surface area (Å²) in [6.07, 6.45) is 5.00. The minimum atomic E-state index is 0.736. The summed E-state index contributed by atoms with van der Waals surface area (Å²) >= 11 is 0. The molecule has 0 spiro atoms. The molecule has 0 bridgehead atoms. The van der Waals surface area contributed by atoms with E-state index >= 15 is 0 Å². The minimum Gasteiger partial charge on any atom is -0.355 e. The maximum atomic E-state index is 5.32. The maximum Gasteiger partial charge on any atom is 0.205 e. The van der Waals surface area contributed by atoms with Crippen LogP contribution >= 0.6 is 0 Å². The van der Waals surface area contributed by atoms with Gasteiger partial charge < -0.3 is 5.32 Å². The van der Waals surface area contributed by atoms with Crippen LogP contribution in [0.25, 0.3) is 0 Å². The third-order valence-corrected chi connectivity index (χ3v) is 2.16. The van der Waals surface area contributed by atoms with Crippen molar-refractivity contribution in [1.82, 2.24) is 10.7 Å². The molecule has 0 aliphatic heterocycles. The van der Waals surface area contributed by atoms with E-state index < -0.39 is 0 Å². The standard InChI is InChI=1S/C9H20N4/c1-2-3-6-11-9(13-10)12-7-8-4-5-8/h8H,2-7,10H2,1H3,(H2,11,12,13). The highest BCUT2D eigenvalue weighted by molar-refractivity contribution is 5.79. The second kappa shape index (κ2) is 5.80. The van der Waals surface area contributed by atoms with Crippen LogP contribution in [0.3, 0.4) is 0 Å². The van der Waals surface area contributed by atoms with Crippen LogP contribution in [-0.2, 0) is 0 Å². The van der Waals surface area contributed by atoms with Gasteiger partial charge in [-0.15, -0.1) is 0 Å². The molecule has 4 N–H and O–H groups in total. The van der Waals surface area contributed by atoms with E-state index in [1.807, 2.05) is 0 Å². The number of nitrogens with two attached hydrogens (primary N) is 1. The lowest BCUT2D eigenvalue weighted by Crippen LogP contribution is -2.42. The number of nitrogens with one attached hydrogen (secondary N) is 2. The van der Waals surface area contributed by atoms with Crippen LogP contribution in [0.2, 0.25) is 0 Å². The fourth-order valence-corrected chi connectivity index (χ4v) is 1.06. The Morgan fingerprint density at radius 2 is 2.31 bits per heavy atom. The van der Waals surface area contributed by atoms with Gasteiger partial charge in [0.05, 0.1) is 0 Å². The van der Waals surface area contributed by atoms with Crippen molar-refractivity contribution in [1.29, 1.82) is 0 Å². The third kappa shape index (κ3) is 4.72. The normalized spacial score (nSPS) is 17.2. The lowest BCUT2D eigenvalue weighted by molar-refractivity contribution is 0.726. The van der Waals surface area contributed by atoms with Crippen LogP contribution in [0.15, 0.2) is 4.99 Å². The van der Waals surface area contributed by atoms with Crippen molar-refractivity contribution in [2.45, 2.75) is 32.6 Å². The van der Waals surface area contributed by atoms with E-state index in [0.717, 1.165) is 31.4 Å². The summed E-state index contributed by atoms with van der Waals surface area (Å²) in [5.41, 5.74) is 2.58. The predicted octanol–water partition coefficient (Wildman–Crippen LogP) is 0.605. The lowest BCUT2D eigenvalue weighted by Gasteiger charge is -2.07. The minimum absolute atomic E-state index is 0.736. The molecule has 4 nitrogen and oxygen atoms in total. The summed E-state index contributed by atoms with van der Waals surface area (Å²) in [4.78, 5) is 4.35. The van der Waals surface area contributed by atoms with Crippen LogP contribution in [-0.4, -0.2) is 19.0 Å². The fourth-order valence-electron chi connectivity index (χ4n) is 1.06. The summed E-state index contributed by atoms with van der Waals surface area (Å²) < 4.78 is 0. The zero-order valence-corrected chi connectivity index (χ0v) is 8.34. The quantitative estimate of drug-likeness (QED) is 0.193. The average Bonchev–Trinajstić information content (AvgIpc) is 2.94. The monoisotopic (exact) mass is 184 g/mol. The SMILES string of the molecule is CCCCNC(=NCC1CC1)NN. The molecule has 76 valence electrons. The highest BCUT2D eigenvalue weighted by Crippen LogP contribution is 2.28. The van der Waals surface area contributed by atoms with E-state index in [-0.39, 0.29) is 0 Å². The van der Waals surface area contributed by atoms with Crippen molar-refractivity contribution in [3.63, 3.8) is 0 Å². The zero-order valence-electron chi connectivity index (χ0n) is 8.34. The Kier molecular flexibility index (Phi) is 4.60. The first-order chi connectivity index (χ1) is 6.36. The number of unbranched alkanes of at least 4 members (excludes halogenated alkanes) is 1. The number of hydrazine groups is 1. The molecule has 4 heteroatoms. The topological polar surface area (TPSA) is 62.4 Å². The molecule has 1 fully saturated rings. The lowest BCUT2D eigenvalue weighted by atomic mass is 10.3. The van der Waals surface area contributed by atoms with Crippen LogP contribution in [0.4, 0.5) is 0 Å². The smallest absolute Gasteiger partial charge is 0.205 e. The maximum absolute atomic E-state index is 5.32. The number of hydrogen-bond donors (Lipinski definition) is 3. The third-order valence-electron chi connectivity index (χ3n) is 2.16. The molecule has 0 atom stereocenters. The molecule has 0 aromatic rings. The van der Waals surface area contributed by atoms with Gasteiger partial charge in [-0.2, -0.15) is 0 Å². The van der Waals surface area contributed by atoms with Crippen molar-refractivity contribution in [2.75, 3.05) is 13.1 Å². The van der Waals surface area contributed by atoms with Crippen molar-refractivity contribution in [2.24, 2.45) is 16.8 Å². The van der Waals surface area contributed by atoms with Gasteiger partial charge in [0, 0.05) is 13.1 Å². The molecular formula is C9H20N4. The van der Waals surface area contributed by atoms with E-state index in [4.69, 9.17) is 5.84 Å². The first-order valence-corrected chi connectivity index (χ1v) is 5.11. The Balaban J connectivity index is 2.11. The Labute approximate surface area is 80.0 Å². The average molecular weight is 184 g/mol. The second-order valence-corrected chi connectivity index (χ2v) is 3.56. The summed E-state index contributed by atoms with van der Waals surface area (Å²) in [6, 6.07) is 0. The molecule has 0 aromatic carbocycles. The largest absolute Gasteiger partial charge is 0.355 e. The molecule has 13 heavy (non-hydrogen) atoms. The van der Waals surface area contributed by atoms with E-state index in [9.17, 15) is 0 Å². The summed E-state index contributed by atoms with van der Waals surface area (Å²) in [5.74, 6) is 6.87. The zero-order chi connectivity index (χ0) is 9.52. The number of guanidine groups is 1. The van der Waals surface area contributed by atoms with Crippen LogP contribution < -0.4 is 16.6 Å². The van der Waals surface area contributed by atoms with Crippen LogP contribution in [0.5, 0.6) is 0 Å². The van der Waals surface area contributed by atoms with Gasteiger partial charge in [-0.1, -0.05) is 13.3 Å². The Bertz CT molecular complexity index is 163. The molecule has 1 rings (SSSR count). The molecule has 1 saturated carbocycles. The number of hydrogen-bond acceptors (Lipinski definition) is 2. The molecule has 0 amide bonds. The van der Waals surface area contributed by atoms with Gasteiger partial charge in [0.2, 0.25) is 5.96 Å². The molecule has 0 heterocycles. The van der Waals surface area contributed by atoms with Crippen LogP contribution in [0, 0.1) is 5.92 Å². The van der Waals surface area contributed by atoms with Crippen LogP contribution in [0.1, 0.15) is 32.6 Å².